The van der Waals surface area contributed by atoms with E-state index in [0.717, 1.165) is 24.6 Å². The van der Waals surface area contributed by atoms with E-state index < -0.39 is 0 Å². The Morgan fingerprint density at radius 3 is 2.67 bits per heavy atom. The van der Waals surface area contributed by atoms with Crippen LogP contribution in [-0.4, -0.2) is 17.6 Å². The van der Waals surface area contributed by atoms with Crippen molar-refractivity contribution in [1.29, 1.82) is 0 Å². The normalized spacial score (nSPS) is 24.1. The number of nitrogens with one attached hydrogen (secondary N) is 1. The molecule has 2 heterocycles. The molecule has 1 aromatic heterocycles. The van der Waals surface area contributed by atoms with Crippen LogP contribution in [0.25, 0.3) is 0 Å². The maximum atomic E-state index is 12.0. The summed E-state index contributed by atoms with van der Waals surface area (Å²) >= 11 is 3.50. The summed E-state index contributed by atoms with van der Waals surface area (Å²) in [6, 6.07) is 13.5. The van der Waals surface area contributed by atoms with Crippen molar-refractivity contribution in [3.8, 4) is 0 Å². The Balaban J connectivity index is 1.60. The van der Waals surface area contributed by atoms with Crippen molar-refractivity contribution in [3.05, 3.63) is 63.0 Å². The third kappa shape index (κ3) is 3.30. The molecule has 0 bridgehead atoms. The van der Waals surface area contributed by atoms with Crippen LogP contribution in [0, 0.1) is 5.92 Å². The average molecular weight is 387 g/mol. The molecule has 4 rings (SSSR count). The average Bonchev–Trinajstić information content (AvgIpc) is 3.42. The molecule has 1 aliphatic carbocycles. The van der Waals surface area contributed by atoms with Gasteiger partial charge in [0.25, 0.3) is 5.56 Å². The molecule has 0 amide bonds. The van der Waals surface area contributed by atoms with Crippen LogP contribution in [0.15, 0.2) is 51.9 Å². The van der Waals surface area contributed by atoms with E-state index in [1.54, 1.807) is 6.20 Å². The number of nitrogens with zero attached hydrogens (tertiary/aromatic N) is 1. The second-order valence-electron chi connectivity index (χ2n) is 7.16. The minimum atomic E-state index is -0.0390. The lowest BCUT2D eigenvalue weighted by Crippen LogP contribution is -2.43. The van der Waals surface area contributed by atoms with Crippen LogP contribution in [0.2, 0.25) is 0 Å². The number of benzene rings is 1. The van der Waals surface area contributed by atoms with Gasteiger partial charge in [0.15, 0.2) is 0 Å². The number of rotatable bonds is 4. The van der Waals surface area contributed by atoms with Gasteiger partial charge in [-0.15, -0.1) is 0 Å². The number of hydrogen-bond acceptors (Lipinski definition) is 2. The molecule has 1 aromatic carbocycles. The summed E-state index contributed by atoms with van der Waals surface area (Å²) in [5.41, 5.74) is 2.47. The minimum Gasteiger partial charge on any atom is -0.367 e. The van der Waals surface area contributed by atoms with Crippen molar-refractivity contribution in [2.45, 2.75) is 44.1 Å². The van der Waals surface area contributed by atoms with Crippen molar-refractivity contribution in [2.24, 2.45) is 5.92 Å². The minimum absolute atomic E-state index is 0.0390. The summed E-state index contributed by atoms with van der Waals surface area (Å²) in [6.45, 7) is 1.01. The van der Waals surface area contributed by atoms with Crippen molar-refractivity contribution >= 4 is 21.6 Å². The van der Waals surface area contributed by atoms with Gasteiger partial charge in [-0.2, -0.15) is 0 Å². The zero-order valence-electron chi connectivity index (χ0n) is 13.7. The summed E-state index contributed by atoms with van der Waals surface area (Å²) in [6.07, 6.45) is 8.08. The maximum absolute atomic E-state index is 12.0. The molecule has 24 heavy (non-hydrogen) atoms. The number of pyridine rings is 1. The third-order valence-electron chi connectivity index (χ3n) is 5.48. The Bertz CT molecular complexity index is 754. The lowest BCUT2D eigenvalue weighted by molar-refractivity contribution is 0.383. The molecule has 0 radical (unpaired) electrons. The van der Waals surface area contributed by atoms with Gasteiger partial charge >= 0.3 is 0 Å². The van der Waals surface area contributed by atoms with Crippen molar-refractivity contribution in [3.63, 3.8) is 0 Å². The van der Waals surface area contributed by atoms with E-state index in [0.29, 0.717) is 16.4 Å². The van der Waals surface area contributed by atoms with Gasteiger partial charge in [0.05, 0.1) is 5.69 Å². The predicted molar refractivity (Wildman–Crippen MR) is 102 cm³/mol. The fraction of sp³-hybridized carbons (Fsp3) is 0.450. The number of H-pyrrole nitrogens is 1. The zero-order valence-corrected chi connectivity index (χ0v) is 15.3. The van der Waals surface area contributed by atoms with Crippen LogP contribution in [-0.2, 0) is 0 Å². The first-order valence-electron chi connectivity index (χ1n) is 8.91. The predicted octanol–water partition coefficient (Wildman–Crippen LogP) is 4.69. The highest BCUT2D eigenvalue weighted by molar-refractivity contribution is 9.10. The molecule has 2 aliphatic rings. The quantitative estimate of drug-likeness (QED) is 0.826. The molecule has 4 heteroatoms. The van der Waals surface area contributed by atoms with Crippen molar-refractivity contribution in [1.82, 2.24) is 4.98 Å². The summed E-state index contributed by atoms with van der Waals surface area (Å²) in [5.74, 6) is 1.51. The summed E-state index contributed by atoms with van der Waals surface area (Å²) in [4.78, 5) is 17.2. The SMILES string of the molecule is O=c1[nH]ccc(N2CCC(c3ccccc3)C[C@H]2CC2CC2)c1Br. The number of aromatic nitrogens is 1. The number of aromatic amines is 1. The molecule has 1 saturated heterocycles. The Kier molecular flexibility index (Phi) is 4.49. The molecule has 1 N–H and O–H groups in total. The second kappa shape index (κ2) is 6.75. The van der Waals surface area contributed by atoms with E-state index in [4.69, 9.17) is 0 Å². The fourth-order valence-electron chi connectivity index (χ4n) is 4.03. The van der Waals surface area contributed by atoms with Gasteiger partial charge in [-0.3, -0.25) is 4.79 Å². The monoisotopic (exact) mass is 386 g/mol. The van der Waals surface area contributed by atoms with Gasteiger partial charge in [-0.05, 0) is 58.7 Å². The van der Waals surface area contributed by atoms with E-state index in [1.807, 2.05) is 6.07 Å². The van der Waals surface area contributed by atoms with E-state index in [2.05, 4.69) is 56.1 Å². The molecule has 0 spiro atoms. The molecular formula is C20H23BrN2O. The number of halogens is 1. The van der Waals surface area contributed by atoms with Crippen LogP contribution >= 0.6 is 15.9 Å². The van der Waals surface area contributed by atoms with Gasteiger partial charge in [-0.1, -0.05) is 43.2 Å². The first-order valence-corrected chi connectivity index (χ1v) is 9.70. The number of hydrogen-bond donors (Lipinski definition) is 1. The van der Waals surface area contributed by atoms with E-state index >= 15 is 0 Å². The summed E-state index contributed by atoms with van der Waals surface area (Å²) in [5, 5.41) is 0. The third-order valence-corrected chi connectivity index (χ3v) is 6.24. The Labute approximate surface area is 151 Å². The Morgan fingerprint density at radius 1 is 1.12 bits per heavy atom. The number of anilines is 1. The highest BCUT2D eigenvalue weighted by Crippen LogP contribution is 2.42. The van der Waals surface area contributed by atoms with Crippen LogP contribution in [0.1, 0.15) is 43.6 Å². The van der Waals surface area contributed by atoms with Crippen LogP contribution in [0.4, 0.5) is 5.69 Å². The molecule has 1 saturated carbocycles. The van der Waals surface area contributed by atoms with Crippen molar-refractivity contribution in [2.75, 3.05) is 11.4 Å². The highest BCUT2D eigenvalue weighted by atomic mass is 79.9. The van der Waals surface area contributed by atoms with Crippen LogP contribution in [0.5, 0.6) is 0 Å². The molecule has 2 aromatic rings. The van der Waals surface area contributed by atoms with Gasteiger partial charge in [-0.25, -0.2) is 0 Å². The molecule has 2 fully saturated rings. The zero-order chi connectivity index (χ0) is 16.5. The van der Waals surface area contributed by atoms with Gasteiger partial charge < -0.3 is 9.88 Å². The first-order chi connectivity index (χ1) is 11.7. The highest BCUT2D eigenvalue weighted by Gasteiger charge is 2.35. The fourth-order valence-corrected chi connectivity index (χ4v) is 4.50. The summed E-state index contributed by atoms with van der Waals surface area (Å²) < 4.78 is 0.670. The lowest BCUT2D eigenvalue weighted by atomic mass is 9.83. The van der Waals surface area contributed by atoms with E-state index in [9.17, 15) is 4.79 Å². The standard InChI is InChI=1S/C20H23BrN2O/c21-19-18(8-10-22-20(19)24)23-11-9-16(15-4-2-1-3-5-15)13-17(23)12-14-6-7-14/h1-5,8,10,14,16-17H,6-7,9,11-13H2,(H,22,24)/t16?,17-/m1/s1. The Hall–Kier alpha value is -1.55. The molecule has 1 aliphatic heterocycles. The van der Waals surface area contributed by atoms with E-state index in [1.165, 1.54) is 31.2 Å². The molecule has 2 atom stereocenters. The van der Waals surface area contributed by atoms with Crippen molar-refractivity contribution < 1.29 is 0 Å². The van der Waals surface area contributed by atoms with Gasteiger partial charge in [0, 0.05) is 18.8 Å². The molecule has 126 valence electrons. The van der Waals surface area contributed by atoms with E-state index in [-0.39, 0.29) is 5.56 Å². The van der Waals surface area contributed by atoms with Gasteiger partial charge in [0.2, 0.25) is 0 Å². The lowest BCUT2D eigenvalue weighted by Gasteiger charge is -2.42. The largest absolute Gasteiger partial charge is 0.367 e. The smallest absolute Gasteiger partial charge is 0.264 e. The van der Waals surface area contributed by atoms with Gasteiger partial charge in [0.1, 0.15) is 4.47 Å². The van der Waals surface area contributed by atoms with Crippen LogP contribution < -0.4 is 10.5 Å². The molecule has 3 nitrogen and oxygen atoms in total. The topological polar surface area (TPSA) is 36.1 Å². The maximum Gasteiger partial charge on any atom is 0.264 e. The molecular weight excluding hydrogens is 364 g/mol. The first kappa shape index (κ1) is 15.9. The Morgan fingerprint density at radius 2 is 1.92 bits per heavy atom. The van der Waals surface area contributed by atoms with Crippen LogP contribution in [0.3, 0.4) is 0 Å². The summed E-state index contributed by atoms with van der Waals surface area (Å²) in [7, 11) is 0. The number of piperidine rings is 1. The molecule has 1 unspecified atom stereocenters. The second-order valence-corrected chi connectivity index (χ2v) is 7.96.